The predicted octanol–water partition coefficient (Wildman–Crippen LogP) is 19.8. The molecule has 2 nitrogen and oxygen atoms in total. The van der Waals surface area contributed by atoms with E-state index in [2.05, 4.69) is 233 Å². The van der Waals surface area contributed by atoms with Gasteiger partial charge in [0.05, 0.1) is 0 Å². The zero-order valence-electron chi connectivity index (χ0n) is 41.0. The van der Waals surface area contributed by atoms with E-state index in [4.69, 9.17) is 0 Å². The van der Waals surface area contributed by atoms with Crippen molar-refractivity contribution in [2.45, 2.75) is 105 Å². The summed E-state index contributed by atoms with van der Waals surface area (Å²) in [5.74, 6) is 1.23. The van der Waals surface area contributed by atoms with Crippen LogP contribution in [0.2, 0.25) is 0 Å². The molecule has 2 heteroatoms. The van der Waals surface area contributed by atoms with Crippen LogP contribution in [0.5, 0.6) is 0 Å². The van der Waals surface area contributed by atoms with E-state index in [-0.39, 0.29) is 0 Å². The third kappa shape index (κ3) is 9.10. The summed E-state index contributed by atoms with van der Waals surface area (Å²) in [5, 5.41) is 4.94. The lowest BCUT2D eigenvalue weighted by molar-refractivity contribution is 0.443. The van der Waals surface area contributed by atoms with Crippen molar-refractivity contribution in [1.82, 2.24) is 0 Å². The number of nitrogens with zero attached hydrogens (tertiary/aromatic N) is 2. The predicted molar refractivity (Wildman–Crippen MR) is 294 cm³/mol. The van der Waals surface area contributed by atoms with Gasteiger partial charge in [-0.15, -0.1) is 0 Å². The summed E-state index contributed by atoms with van der Waals surface area (Å²) >= 11 is 0. The third-order valence-electron chi connectivity index (χ3n) is 14.6. The van der Waals surface area contributed by atoms with Crippen LogP contribution in [0.25, 0.3) is 43.8 Å². The lowest BCUT2D eigenvalue weighted by Gasteiger charge is -2.29. The highest BCUT2D eigenvalue weighted by atomic mass is 15.1. The van der Waals surface area contributed by atoms with Gasteiger partial charge < -0.3 is 9.80 Å². The molecular formula is C66H66N2. The fourth-order valence-corrected chi connectivity index (χ4v) is 11.6. The molecule has 9 aromatic carbocycles. The minimum atomic E-state index is 0.572. The SMILES string of the molecule is CCCC(CC)c1ccc(N(c2cc(C)cc(C)c2)c2ccc3c(-c4ccccc4)c4cc(N(c5ccc(C6CCCCC6)cc5)c5cc(C)cc(C)c5)ccc4c(-c4ccccc4)c3c2)cc1. The van der Waals surface area contributed by atoms with Gasteiger partial charge in [0.1, 0.15) is 0 Å². The first-order valence-corrected chi connectivity index (χ1v) is 25.4. The summed E-state index contributed by atoms with van der Waals surface area (Å²) < 4.78 is 0. The molecule has 340 valence electrons. The highest BCUT2D eigenvalue weighted by Crippen LogP contribution is 2.49. The highest BCUT2D eigenvalue weighted by molar-refractivity contribution is 6.22. The number of anilines is 6. The summed E-state index contributed by atoms with van der Waals surface area (Å²) in [5.41, 5.74) is 19.8. The van der Waals surface area contributed by atoms with Crippen LogP contribution in [0.15, 0.2) is 182 Å². The third-order valence-corrected chi connectivity index (χ3v) is 14.6. The first-order chi connectivity index (χ1) is 33.3. The minimum absolute atomic E-state index is 0.572. The van der Waals surface area contributed by atoms with Gasteiger partial charge in [-0.05, 0) is 215 Å². The smallest absolute Gasteiger partial charge is 0.0468 e. The minimum Gasteiger partial charge on any atom is -0.310 e. The Bertz CT molecular complexity index is 2930. The lowest BCUT2D eigenvalue weighted by Crippen LogP contribution is -2.11. The number of hydrogen-bond acceptors (Lipinski definition) is 2. The molecule has 0 aliphatic heterocycles. The van der Waals surface area contributed by atoms with Crippen molar-refractivity contribution in [2.75, 3.05) is 9.80 Å². The second-order valence-electron chi connectivity index (χ2n) is 19.7. The Kier molecular flexibility index (Phi) is 13.0. The maximum atomic E-state index is 2.48. The molecule has 0 heterocycles. The highest BCUT2D eigenvalue weighted by Gasteiger charge is 2.24. The van der Waals surface area contributed by atoms with Gasteiger partial charge in [0.2, 0.25) is 0 Å². The Labute approximate surface area is 405 Å². The molecule has 1 unspecified atom stereocenters. The van der Waals surface area contributed by atoms with Gasteiger partial charge in [-0.3, -0.25) is 0 Å². The Morgan fingerprint density at radius 1 is 0.412 bits per heavy atom. The molecule has 1 saturated carbocycles. The lowest BCUT2D eigenvalue weighted by atomic mass is 9.84. The number of aryl methyl sites for hydroxylation is 4. The van der Waals surface area contributed by atoms with Crippen molar-refractivity contribution < 1.29 is 0 Å². The van der Waals surface area contributed by atoms with Crippen LogP contribution in [0.4, 0.5) is 34.1 Å². The average Bonchev–Trinajstić information content (AvgIpc) is 3.36. The molecule has 0 spiro atoms. The van der Waals surface area contributed by atoms with Gasteiger partial charge in [-0.2, -0.15) is 0 Å². The van der Waals surface area contributed by atoms with E-state index in [1.165, 1.54) is 139 Å². The largest absolute Gasteiger partial charge is 0.310 e. The zero-order valence-corrected chi connectivity index (χ0v) is 41.0. The van der Waals surface area contributed by atoms with Crippen molar-refractivity contribution in [1.29, 1.82) is 0 Å². The van der Waals surface area contributed by atoms with E-state index < -0.39 is 0 Å². The molecule has 0 radical (unpaired) electrons. The second kappa shape index (κ2) is 19.7. The Morgan fingerprint density at radius 2 is 0.838 bits per heavy atom. The van der Waals surface area contributed by atoms with Crippen molar-refractivity contribution in [3.8, 4) is 22.3 Å². The van der Waals surface area contributed by atoms with Crippen LogP contribution in [0.3, 0.4) is 0 Å². The molecule has 1 fully saturated rings. The van der Waals surface area contributed by atoms with Gasteiger partial charge >= 0.3 is 0 Å². The van der Waals surface area contributed by atoms with E-state index in [1.54, 1.807) is 0 Å². The number of fused-ring (bicyclic) bond motifs is 2. The van der Waals surface area contributed by atoms with Gasteiger partial charge in [-0.25, -0.2) is 0 Å². The molecular weight excluding hydrogens is 821 g/mol. The Hall–Kier alpha value is -6.90. The fraction of sp³-hybridized carbons (Fsp3) is 0.242. The zero-order chi connectivity index (χ0) is 46.7. The summed E-state index contributed by atoms with van der Waals surface area (Å²) in [6.45, 7) is 13.5. The monoisotopic (exact) mass is 887 g/mol. The molecule has 0 N–H and O–H groups in total. The van der Waals surface area contributed by atoms with Gasteiger partial charge in [0, 0.05) is 34.1 Å². The molecule has 1 aliphatic carbocycles. The van der Waals surface area contributed by atoms with E-state index in [1.807, 2.05) is 0 Å². The topological polar surface area (TPSA) is 6.48 Å². The van der Waals surface area contributed by atoms with Crippen LogP contribution in [-0.2, 0) is 0 Å². The molecule has 0 saturated heterocycles. The Morgan fingerprint density at radius 3 is 1.26 bits per heavy atom. The number of rotatable bonds is 13. The van der Waals surface area contributed by atoms with Crippen molar-refractivity contribution in [2.24, 2.45) is 0 Å². The van der Waals surface area contributed by atoms with E-state index >= 15 is 0 Å². The number of hydrogen-bond donors (Lipinski definition) is 0. The molecule has 0 aromatic heterocycles. The first kappa shape index (κ1) is 44.9. The summed E-state index contributed by atoms with van der Waals surface area (Å²) in [6.07, 6.45) is 10.2. The maximum Gasteiger partial charge on any atom is 0.0468 e. The second-order valence-corrected chi connectivity index (χ2v) is 19.7. The van der Waals surface area contributed by atoms with Crippen LogP contribution in [0.1, 0.15) is 110 Å². The number of benzene rings is 9. The van der Waals surface area contributed by atoms with Crippen molar-refractivity contribution in [3.63, 3.8) is 0 Å². The van der Waals surface area contributed by atoms with Gasteiger partial charge in [-0.1, -0.05) is 149 Å². The molecule has 0 amide bonds. The summed E-state index contributed by atoms with van der Waals surface area (Å²) in [6, 6.07) is 69.4. The average molecular weight is 887 g/mol. The Balaban J connectivity index is 1.22. The van der Waals surface area contributed by atoms with Crippen LogP contribution >= 0.6 is 0 Å². The fourth-order valence-electron chi connectivity index (χ4n) is 11.6. The van der Waals surface area contributed by atoms with Crippen LogP contribution < -0.4 is 9.80 Å². The molecule has 1 aliphatic rings. The standard InChI is InChI=1S/C66H66N2/c1-7-18-49(8-2)51-25-29-55(30-26-51)67(59-39-45(3)37-46(4)40-59)57-33-35-61-63(43-57)65(53-21-14-10-15-22-53)62-36-34-58(44-64(62)66(61)54-23-16-11-17-24-54)68(60-41-47(5)38-48(6)42-60)56-31-27-52(28-32-56)50-19-12-9-13-20-50/h10-11,14-17,21-44,49-50H,7-9,12-13,18-20H2,1-6H3. The van der Waals surface area contributed by atoms with Gasteiger partial charge in [0.15, 0.2) is 0 Å². The van der Waals surface area contributed by atoms with Crippen molar-refractivity contribution in [3.05, 3.63) is 215 Å². The molecule has 9 aromatic rings. The molecule has 68 heavy (non-hydrogen) atoms. The maximum absolute atomic E-state index is 2.48. The summed E-state index contributed by atoms with van der Waals surface area (Å²) in [4.78, 5) is 4.95. The molecule has 0 bridgehead atoms. The quantitative estimate of drug-likeness (QED) is 0.106. The molecule has 1 atom stereocenters. The van der Waals surface area contributed by atoms with Crippen LogP contribution in [0, 0.1) is 27.7 Å². The summed E-state index contributed by atoms with van der Waals surface area (Å²) in [7, 11) is 0. The van der Waals surface area contributed by atoms with Gasteiger partial charge in [0.25, 0.3) is 0 Å². The normalized spacial score (nSPS) is 13.5. The first-order valence-electron chi connectivity index (χ1n) is 25.4. The molecule has 10 rings (SSSR count). The van der Waals surface area contributed by atoms with E-state index in [0.717, 1.165) is 23.5 Å². The van der Waals surface area contributed by atoms with E-state index in [0.29, 0.717) is 11.8 Å². The van der Waals surface area contributed by atoms with Crippen molar-refractivity contribution >= 4 is 55.7 Å². The van der Waals surface area contributed by atoms with Crippen LogP contribution in [-0.4, -0.2) is 0 Å². The van der Waals surface area contributed by atoms with E-state index in [9.17, 15) is 0 Å².